The van der Waals surface area contributed by atoms with E-state index in [1.54, 1.807) is 33.1 Å². The molecule has 4 aliphatic carbocycles. The summed E-state index contributed by atoms with van der Waals surface area (Å²) >= 11 is 0. The molecule has 4 bridgehead atoms. The van der Waals surface area contributed by atoms with Crippen molar-refractivity contribution < 1.29 is 61.9 Å². The van der Waals surface area contributed by atoms with Crippen molar-refractivity contribution >= 4 is 23.9 Å². The molecule has 2 unspecified atom stereocenters. The third kappa shape index (κ3) is 2.86. The molecule has 3 spiro atoms. The maximum absolute atomic E-state index is 13.8. The molecular formula is C34H40O13. The Morgan fingerprint density at radius 2 is 1.66 bits per heavy atom. The number of carbonyl (C=O) groups excluding carboxylic acids is 4. The number of furan rings is 1. The van der Waals surface area contributed by atoms with E-state index in [1.165, 1.54) is 13.2 Å². The molecule has 47 heavy (non-hydrogen) atoms. The van der Waals surface area contributed by atoms with Gasteiger partial charge in [0.1, 0.15) is 35.6 Å². The molecule has 4 saturated heterocycles. The fourth-order valence-corrected chi connectivity index (χ4v) is 12.7. The first-order valence-electron chi connectivity index (χ1n) is 16.6. The first kappa shape index (κ1) is 30.1. The van der Waals surface area contributed by atoms with E-state index >= 15 is 0 Å². The molecule has 1 N–H and O–H groups in total. The lowest BCUT2D eigenvalue weighted by atomic mass is 9.33. The number of carbonyl (C=O) groups is 4. The van der Waals surface area contributed by atoms with Gasteiger partial charge in [0.15, 0.2) is 11.7 Å². The van der Waals surface area contributed by atoms with E-state index < -0.39 is 105 Å². The van der Waals surface area contributed by atoms with E-state index in [2.05, 4.69) is 0 Å². The summed E-state index contributed by atoms with van der Waals surface area (Å²) in [6, 6.07) is 1.75. The topological polar surface area (TPSA) is 166 Å². The highest BCUT2D eigenvalue weighted by Crippen LogP contribution is 2.90. The molecule has 4 aliphatic heterocycles. The molecule has 0 amide bonds. The van der Waals surface area contributed by atoms with Gasteiger partial charge in [0.2, 0.25) is 0 Å². The molecule has 8 fully saturated rings. The minimum absolute atomic E-state index is 0.0363. The van der Waals surface area contributed by atoms with Crippen molar-refractivity contribution in [3.8, 4) is 0 Å². The van der Waals surface area contributed by atoms with Crippen LogP contribution < -0.4 is 0 Å². The second-order valence-electron chi connectivity index (χ2n) is 16.2. The van der Waals surface area contributed by atoms with Crippen LogP contribution >= 0.6 is 0 Å². The Bertz CT molecular complexity index is 1640. The van der Waals surface area contributed by atoms with Gasteiger partial charge in [-0.1, -0.05) is 27.7 Å². The second kappa shape index (κ2) is 8.40. The van der Waals surface area contributed by atoms with E-state index in [9.17, 15) is 24.3 Å². The molecule has 9 rings (SSSR count). The molecule has 254 valence electrons. The van der Waals surface area contributed by atoms with E-state index in [0.717, 1.165) is 0 Å². The largest absolute Gasteiger partial charge is 0.472 e. The van der Waals surface area contributed by atoms with Crippen LogP contribution in [0.1, 0.15) is 85.3 Å². The first-order valence-corrected chi connectivity index (χ1v) is 16.6. The molecule has 13 nitrogen and oxygen atoms in total. The Kier molecular flexibility index (Phi) is 5.38. The van der Waals surface area contributed by atoms with Gasteiger partial charge in [0.25, 0.3) is 5.97 Å². The third-order valence-electron chi connectivity index (χ3n) is 13.8. The number of rotatable bonds is 4. The van der Waals surface area contributed by atoms with Crippen LogP contribution in [0, 0.1) is 34.0 Å². The number of ether oxygens (including phenoxy) is 7. The molecule has 1 aromatic heterocycles. The first-order chi connectivity index (χ1) is 22.0. The molecule has 0 aromatic carbocycles. The molecular weight excluding hydrogens is 616 g/mol. The lowest BCUT2D eigenvalue weighted by molar-refractivity contribution is -0.486. The Morgan fingerprint density at radius 3 is 2.34 bits per heavy atom. The van der Waals surface area contributed by atoms with Crippen molar-refractivity contribution in [1.29, 1.82) is 0 Å². The van der Waals surface area contributed by atoms with Gasteiger partial charge in [0, 0.05) is 42.6 Å². The van der Waals surface area contributed by atoms with Crippen molar-refractivity contribution in [2.75, 3.05) is 6.61 Å². The fraction of sp³-hybridized carbons (Fsp3) is 0.765. The summed E-state index contributed by atoms with van der Waals surface area (Å²) in [7, 11) is 0. The van der Waals surface area contributed by atoms with Crippen molar-refractivity contribution in [1.82, 2.24) is 0 Å². The van der Waals surface area contributed by atoms with Gasteiger partial charge in [-0.3, -0.25) is 19.2 Å². The summed E-state index contributed by atoms with van der Waals surface area (Å²) in [4.78, 5) is 53.6. The fourth-order valence-electron chi connectivity index (χ4n) is 12.7. The van der Waals surface area contributed by atoms with Gasteiger partial charge in [-0.15, -0.1) is 0 Å². The van der Waals surface area contributed by atoms with Crippen LogP contribution in [0.5, 0.6) is 0 Å². The predicted octanol–water partition coefficient (Wildman–Crippen LogP) is 2.87. The van der Waals surface area contributed by atoms with Crippen molar-refractivity contribution in [2.24, 2.45) is 34.0 Å². The average Bonchev–Trinajstić information content (AvgIpc) is 3.69. The van der Waals surface area contributed by atoms with Gasteiger partial charge >= 0.3 is 23.9 Å². The highest BCUT2D eigenvalue weighted by molar-refractivity contribution is 5.76. The predicted molar refractivity (Wildman–Crippen MR) is 152 cm³/mol. The van der Waals surface area contributed by atoms with E-state index in [4.69, 9.17) is 37.6 Å². The Labute approximate surface area is 270 Å². The number of hydrogen-bond donors (Lipinski definition) is 1. The summed E-state index contributed by atoms with van der Waals surface area (Å²) in [6.45, 7) is 10.00. The molecule has 5 heterocycles. The highest BCUT2D eigenvalue weighted by atomic mass is 16.9. The van der Waals surface area contributed by atoms with Crippen LogP contribution in [0.2, 0.25) is 0 Å². The molecule has 0 radical (unpaired) electrons. The van der Waals surface area contributed by atoms with Gasteiger partial charge in [0.05, 0.1) is 30.3 Å². The quantitative estimate of drug-likeness (QED) is 0.372. The number of fused-ring (bicyclic) bond motifs is 4. The summed E-state index contributed by atoms with van der Waals surface area (Å²) in [5.74, 6) is -5.90. The summed E-state index contributed by atoms with van der Waals surface area (Å²) < 4.78 is 51.2. The zero-order valence-electron chi connectivity index (χ0n) is 27.3. The number of esters is 4. The van der Waals surface area contributed by atoms with Gasteiger partial charge < -0.3 is 42.7 Å². The Hall–Kier alpha value is -3.00. The maximum atomic E-state index is 13.8. The van der Waals surface area contributed by atoms with Crippen LogP contribution in [0.4, 0.5) is 0 Å². The smallest absolute Gasteiger partial charge is 0.308 e. The van der Waals surface area contributed by atoms with Crippen LogP contribution in [0.25, 0.3) is 0 Å². The second-order valence-corrected chi connectivity index (χ2v) is 16.2. The van der Waals surface area contributed by atoms with Crippen molar-refractivity contribution in [3.63, 3.8) is 0 Å². The molecule has 13 atom stereocenters. The van der Waals surface area contributed by atoms with Crippen LogP contribution in [0.3, 0.4) is 0 Å². The monoisotopic (exact) mass is 656 g/mol. The summed E-state index contributed by atoms with van der Waals surface area (Å²) in [5, 5.41) is 13.7. The number of aliphatic hydroxyl groups is 1. The highest BCUT2D eigenvalue weighted by Gasteiger charge is 3.05. The number of hydrogen-bond acceptors (Lipinski definition) is 13. The minimum Gasteiger partial charge on any atom is -0.472 e. The van der Waals surface area contributed by atoms with Gasteiger partial charge in [-0.25, -0.2) is 0 Å². The van der Waals surface area contributed by atoms with E-state index in [1.807, 2.05) is 13.8 Å². The van der Waals surface area contributed by atoms with Crippen LogP contribution in [0.15, 0.2) is 23.0 Å². The van der Waals surface area contributed by atoms with Crippen LogP contribution in [-0.4, -0.2) is 76.2 Å². The van der Waals surface area contributed by atoms with E-state index in [-0.39, 0.29) is 25.9 Å². The lowest BCUT2D eigenvalue weighted by Crippen LogP contribution is -2.95. The SMILES string of the molecule is CC(=O)O[C@H]1[C@]2(C)C[C@]34OC5(C)O[C@@]6(CC[C@]7(C)C(CC(=O)O[C@H]7c7ccoc7)[C@@]6(O5)[C@H](OC(=O)C(C)C)[C@@]13O)[C@@]41COC(=O)C[C@@H]21. The molecule has 8 aliphatic rings. The lowest BCUT2D eigenvalue weighted by Gasteiger charge is -2.77. The molecule has 13 heteroatoms. The zero-order chi connectivity index (χ0) is 33.4. The normalized spacial score (nSPS) is 54.3. The Balaban J connectivity index is 1.38. The van der Waals surface area contributed by atoms with Gasteiger partial charge in [-0.2, -0.15) is 0 Å². The molecule has 1 aromatic rings. The van der Waals surface area contributed by atoms with Gasteiger partial charge in [-0.05, 0) is 31.2 Å². The zero-order valence-corrected chi connectivity index (χ0v) is 27.3. The average molecular weight is 657 g/mol. The Morgan fingerprint density at radius 1 is 0.936 bits per heavy atom. The minimum atomic E-state index is -2.20. The number of cyclic esters (lactones) is 2. The van der Waals surface area contributed by atoms with Crippen molar-refractivity contribution in [2.45, 2.75) is 120 Å². The summed E-state index contributed by atoms with van der Waals surface area (Å²) in [6.07, 6.45) is 0.265. The third-order valence-corrected chi connectivity index (χ3v) is 13.8. The van der Waals surface area contributed by atoms with Crippen LogP contribution in [-0.2, 0) is 52.3 Å². The maximum Gasteiger partial charge on any atom is 0.308 e. The molecule has 4 saturated carbocycles. The van der Waals surface area contributed by atoms with E-state index in [0.29, 0.717) is 18.4 Å². The standard InChI is InChI=1S/C34H40O13/c1-16(2)24(38)44-26-33(39)25(42-17(3)35)28(5)14-32(33)30(15-41-21(36)11-19(28)30)31-9-8-27(4)20(34(26,31)47-29(6,45-31)46-32)12-22(37)43-23(27)18-7-10-40-13-18/h7,10,13,16,19-20,23,25-26,39H,8-9,11-12,14-15H2,1-6H3/t19-,20?,23-,25-,26+,27+,28+,29?,30-,31-,32+,33-,34+/m0/s1. The summed E-state index contributed by atoms with van der Waals surface area (Å²) in [5.41, 5.74) is -9.35. The van der Waals surface area contributed by atoms with Crippen molar-refractivity contribution in [3.05, 3.63) is 24.2 Å².